The van der Waals surface area contributed by atoms with Gasteiger partial charge in [0.2, 0.25) is 0 Å². The Morgan fingerprint density at radius 2 is 1.22 bits per heavy atom. The highest BCUT2D eigenvalue weighted by molar-refractivity contribution is 5.66. The van der Waals surface area contributed by atoms with Crippen molar-refractivity contribution >= 4 is 11.9 Å². The van der Waals surface area contributed by atoms with Crippen molar-refractivity contribution in [3.05, 3.63) is 0 Å². The molecule has 0 bridgehead atoms. The van der Waals surface area contributed by atoms with E-state index in [9.17, 15) is 9.59 Å². The van der Waals surface area contributed by atoms with Gasteiger partial charge in [-0.1, -0.05) is 0 Å². The Hall–Kier alpha value is -2.08. The number of carbonyl (C=O) groups is 2. The predicted molar refractivity (Wildman–Crippen MR) is 63.3 cm³/mol. The zero-order chi connectivity index (χ0) is 14.6. The smallest absolute Gasteiger partial charge is 0.303 e. The zero-order valence-electron chi connectivity index (χ0n) is 10.6. The number of carboxylic acid groups (broad SMARTS) is 2. The van der Waals surface area contributed by atoms with Gasteiger partial charge in [-0.3, -0.25) is 9.59 Å². The van der Waals surface area contributed by atoms with E-state index in [1.165, 1.54) is 0 Å². The molecule has 2 atom stereocenters. The van der Waals surface area contributed by atoms with Crippen molar-refractivity contribution < 1.29 is 19.8 Å². The van der Waals surface area contributed by atoms with Crippen molar-refractivity contribution in [2.45, 2.75) is 39.5 Å². The lowest BCUT2D eigenvalue weighted by atomic mass is 10.1. The van der Waals surface area contributed by atoms with Crippen LogP contribution in [0, 0.1) is 34.5 Å². The molecule has 6 nitrogen and oxygen atoms in total. The Kier molecular flexibility index (Phi) is 11.6. The molecule has 0 aromatic heterocycles. The van der Waals surface area contributed by atoms with E-state index in [4.69, 9.17) is 20.7 Å². The Morgan fingerprint density at radius 3 is 1.39 bits per heavy atom. The molecule has 0 fully saturated rings. The summed E-state index contributed by atoms with van der Waals surface area (Å²) in [7, 11) is 0. The Bertz CT molecular complexity index is 307. The van der Waals surface area contributed by atoms with Crippen LogP contribution in [-0.2, 0) is 9.59 Å². The normalized spacial score (nSPS) is 12.0. The van der Waals surface area contributed by atoms with E-state index in [0.717, 1.165) is 0 Å². The number of hydrogen-bond acceptors (Lipinski definition) is 4. The molecule has 6 heteroatoms. The second-order valence-electron chi connectivity index (χ2n) is 3.93. The molecule has 0 saturated heterocycles. The van der Waals surface area contributed by atoms with Crippen molar-refractivity contribution in [1.82, 2.24) is 0 Å². The zero-order valence-corrected chi connectivity index (χ0v) is 10.6. The summed E-state index contributed by atoms with van der Waals surface area (Å²) in [5, 5.41) is 32.7. The third-order valence-corrected chi connectivity index (χ3v) is 2.02. The highest BCUT2D eigenvalue weighted by Crippen LogP contribution is 2.02. The molecule has 2 N–H and O–H groups in total. The summed E-state index contributed by atoms with van der Waals surface area (Å²) in [6.07, 6.45) is 1.08. The van der Waals surface area contributed by atoms with Crippen LogP contribution in [0.15, 0.2) is 0 Å². The van der Waals surface area contributed by atoms with E-state index < -0.39 is 11.9 Å². The summed E-state index contributed by atoms with van der Waals surface area (Å²) in [4.78, 5) is 19.8. The van der Waals surface area contributed by atoms with Gasteiger partial charge in [-0.25, -0.2) is 0 Å². The molecule has 0 spiro atoms. The Balaban J connectivity index is 0. The lowest BCUT2D eigenvalue weighted by Crippen LogP contribution is -1.98. The van der Waals surface area contributed by atoms with Crippen molar-refractivity contribution in [2.24, 2.45) is 11.8 Å². The molecule has 0 aromatic carbocycles. The second-order valence-corrected chi connectivity index (χ2v) is 3.93. The van der Waals surface area contributed by atoms with Crippen molar-refractivity contribution in [1.29, 1.82) is 10.5 Å². The van der Waals surface area contributed by atoms with Gasteiger partial charge in [-0.05, 0) is 26.7 Å². The van der Waals surface area contributed by atoms with E-state index in [-0.39, 0.29) is 24.7 Å². The highest BCUT2D eigenvalue weighted by Gasteiger charge is 2.02. The van der Waals surface area contributed by atoms with Crippen LogP contribution in [-0.4, -0.2) is 22.2 Å². The van der Waals surface area contributed by atoms with Crippen LogP contribution in [0.25, 0.3) is 0 Å². The second kappa shape index (κ2) is 11.4. The third-order valence-electron chi connectivity index (χ3n) is 2.02. The van der Waals surface area contributed by atoms with Gasteiger partial charge < -0.3 is 10.2 Å². The van der Waals surface area contributed by atoms with Gasteiger partial charge >= 0.3 is 11.9 Å². The van der Waals surface area contributed by atoms with Crippen LogP contribution in [0.4, 0.5) is 0 Å². The fourth-order valence-corrected chi connectivity index (χ4v) is 0.809. The van der Waals surface area contributed by atoms with Gasteiger partial charge in [-0.15, -0.1) is 0 Å². The van der Waals surface area contributed by atoms with Crippen molar-refractivity contribution in [2.75, 3.05) is 0 Å². The molecule has 0 heterocycles. The van der Waals surface area contributed by atoms with E-state index in [0.29, 0.717) is 12.8 Å². The van der Waals surface area contributed by atoms with Gasteiger partial charge in [0.1, 0.15) is 0 Å². The van der Waals surface area contributed by atoms with E-state index in [1.807, 2.05) is 12.1 Å². The highest BCUT2D eigenvalue weighted by atomic mass is 16.4. The molecule has 0 rings (SSSR count). The molecule has 0 aromatic rings. The van der Waals surface area contributed by atoms with Gasteiger partial charge in [0.05, 0.1) is 12.1 Å². The fraction of sp³-hybridized carbons (Fsp3) is 0.667. The van der Waals surface area contributed by atoms with Crippen molar-refractivity contribution in [3.8, 4) is 12.1 Å². The number of hydrogen-bond donors (Lipinski definition) is 2. The first-order chi connectivity index (χ1) is 8.33. The lowest BCUT2D eigenvalue weighted by molar-refractivity contribution is -0.138. The number of aliphatic carboxylic acids is 2. The van der Waals surface area contributed by atoms with Gasteiger partial charge in [0.25, 0.3) is 0 Å². The Morgan fingerprint density at radius 1 is 0.944 bits per heavy atom. The van der Waals surface area contributed by atoms with Crippen LogP contribution < -0.4 is 0 Å². The van der Waals surface area contributed by atoms with Crippen molar-refractivity contribution in [3.63, 3.8) is 0 Å². The number of nitriles is 2. The molecule has 0 aliphatic rings. The van der Waals surface area contributed by atoms with E-state index in [2.05, 4.69) is 0 Å². The third kappa shape index (κ3) is 16.4. The summed E-state index contributed by atoms with van der Waals surface area (Å²) < 4.78 is 0. The molecule has 0 saturated carbocycles. The van der Waals surface area contributed by atoms with Crippen LogP contribution in [0.5, 0.6) is 0 Å². The molecule has 100 valence electrons. The minimum atomic E-state index is -0.836. The van der Waals surface area contributed by atoms with Gasteiger partial charge in [0.15, 0.2) is 0 Å². The van der Waals surface area contributed by atoms with Crippen LogP contribution in [0.2, 0.25) is 0 Å². The summed E-state index contributed by atoms with van der Waals surface area (Å²) >= 11 is 0. The first-order valence-corrected chi connectivity index (χ1v) is 5.56. The molecular weight excluding hydrogens is 236 g/mol. The molecule has 18 heavy (non-hydrogen) atoms. The summed E-state index contributed by atoms with van der Waals surface area (Å²) in [6.45, 7) is 3.42. The van der Waals surface area contributed by atoms with Crippen LogP contribution in [0.3, 0.4) is 0 Å². The quantitative estimate of drug-likeness (QED) is 0.747. The lowest BCUT2D eigenvalue weighted by Gasteiger charge is -1.95. The Labute approximate surface area is 106 Å². The first-order valence-electron chi connectivity index (χ1n) is 5.56. The minimum Gasteiger partial charge on any atom is -0.481 e. The SMILES string of the molecule is CC(C#N)CCC(=O)O.CC(C#N)CCC(=O)O. The topological polar surface area (TPSA) is 122 Å². The maximum Gasteiger partial charge on any atom is 0.303 e. The largest absolute Gasteiger partial charge is 0.481 e. The van der Waals surface area contributed by atoms with Crippen LogP contribution in [0.1, 0.15) is 39.5 Å². The molecular formula is C12H18N2O4. The number of nitrogens with zero attached hydrogens (tertiary/aromatic N) is 2. The molecule has 0 radical (unpaired) electrons. The summed E-state index contributed by atoms with van der Waals surface area (Å²) in [5.41, 5.74) is 0. The minimum absolute atomic E-state index is 0.0920. The number of rotatable bonds is 6. The molecule has 0 aliphatic heterocycles. The maximum absolute atomic E-state index is 9.91. The molecule has 0 amide bonds. The average Bonchev–Trinajstić information content (AvgIpc) is 2.33. The fourth-order valence-electron chi connectivity index (χ4n) is 0.809. The predicted octanol–water partition coefficient (Wildman–Crippen LogP) is 2.02. The van der Waals surface area contributed by atoms with Gasteiger partial charge in [-0.2, -0.15) is 10.5 Å². The van der Waals surface area contributed by atoms with E-state index in [1.54, 1.807) is 13.8 Å². The standard InChI is InChI=1S/2C6H9NO2/c2*1-5(4-7)2-3-6(8)9/h2*5H,2-3H2,1H3,(H,8,9). The molecule has 2 unspecified atom stereocenters. The van der Waals surface area contributed by atoms with Crippen LogP contribution >= 0.6 is 0 Å². The summed E-state index contributed by atoms with van der Waals surface area (Å²) in [6, 6.07) is 3.91. The first kappa shape index (κ1) is 18.3. The number of carboxylic acids is 2. The maximum atomic E-state index is 9.91. The molecule has 0 aliphatic carbocycles. The van der Waals surface area contributed by atoms with E-state index >= 15 is 0 Å². The van der Waals surface area contributed by atoms with Gasteiger partial charge in [0, 0.05) is 24.7 Å². The monoisotopic (exact) mass is 254 g/mol. The average molecular weight is 254 g/mol. The summed E-state index contributed by atoms with van der Waals surface area (Å²) in [5.74, 6) is -1.95.